The van der Waals surface area contributed by atoms with Gasteiger partial charge in [-0.05, 0) is 74.7 Å². The summed E-state index contributed by atoms with van der Waals surface area (Å²) in [6, 6.07) is 15.7. The summed E-state index contributed by atoms with van der Waals surface area (Å²) in [5, 5.41) is 12.0. The molecule has 4 rings (SSSR count). The SMILES string of the molecule is CCOC(CN(Cc1cc(C)c2[nH]c3ccc(O)cc3c2c1C)S(=O)(=O)c1ccccc1)OCC. The van der Waals surface area contributed by atoms with Gasteiger partial charge in [-0.2, -0.15) is 4.31 Å². The minimum Gasteiger partial charge on any atom is -0.508 e. The van der Waals surface area contributed by atoms with Crippen LogP contribution in [0.1, 0.15) is 30.5 Å². The van der Waals surface area contributed by atoms with Crippen molar-refractivity contribution in [2.45, 2.75) is 45.4 Å². The van der Waals surface area contributed by atoms with Crippen molar-refractivity contribution in [2.75, 3.05) is 19.8 Å². The van der Waals surface area contributed by atoms with Gasteiger partial charge in [0.2, 0.25) is 10.0 Å². The third-order valence-electron chi connectivity index (χ3n) is 6.21. The molecule has 3 aromatic carbocycles. The van der Waals surface area contributed by atoms with Crippen molar-refractivity contribution >= 4 is 31.8 Å². The zero-order valence-electron chi connectivity index (χ0n) is 20.5. The molecule has 2 N–H and O–H groups in total. The van der Waals surface area contributed by atoms with Gasteiger partial charge in [0.05, 0.1) is 11.4 Å². The Kier molecular flexibility index (Phi) is 7.47. The molecule has 0 radical (unpaired) electrons. The number of hydrogen-bond donors (Lipinski definition) is 2. The van der Waals surface area contributed by atoms with E-state index >= 15 is 0 Å². The lowest BCUT2D eigenvalue weighted by Crippen LogP contribution is -2.39. The highest BCUT2D eigenvalue weighted by atomic mass is 32.2. The Morgan fingerprint density at radius 2 is 1.69 bits per heavy atom. The second-order valence-corrected chi connectivity index (χ2v) is 10.5. The molecule has 1 aromatic heterocycles. The molecule has 0 unspecified atom stereocenters. The molecule has 0 bridgehead atoms. The molecule has 0 saturated carbocycles. The Morgan fingerprint density at radius 1 is 1.00 bits per heavy atom. The fourth-order valence-corrected chi connectivity index (χ4v) is 5.93. The van der Waals surface area contributed by atoms with Crippen molar-refractivity contribution in [3.05, 3.63) is 71.3 Å². The average molecular weight is 497 g/mol. The molecule has 0 saturated heterocycles. The molecule has 0 aliphatic heterocycles. The van der Waals surface area contributed by atoms with Gasteiger partial charge in [-0.3, -0.25) is 0 Å². The number of benzene rings is 3. The van der Waals surface area contributed by atoms with E-state index in [2.05, 4.69) is 4.98 Å². The first-order chi connectivity index (χ1) is 16.8. The largest absolute Gasteiger partial charge is 0.508 e. The van der Waals surface area contributed by atoms with Crippen LogP contribution in [-0.2, 0) is 26.0 Å². The first kappa shape index (κ1) is 25.2. The Labute approximate surface area is 206 Å². The van der Waals surface area contributed by atoms with Crippen molar-refractivity contribution in [1.82, 2.24) is 9.29 Å². The zero-order chi connectivity index (χ0) is 25.2. The highest BCUT2D eigenvalue weighted by Gasteiger charge is 2.29. The minimum absolute atomic E-state index is 0.0596. The zero-order valence-corrected chi connectivity index (χ0v) is 21.4. The summed E-state index contributed by atoms with van der Waals surface area (Å²) in [7, 11) is -3.82. The molecular formula is C27H32N2O5S. The highest BCUT2D eigenvalue weighted by molar-refractivity contribution is 7.89. The number of aromatic nitrogens is 1. The first-order valence-corrected chi connectivity index (χ1v) is 13.2. The number of ether oxygens (including phenoxy) is 2. The van der Waals surface area contributed by atoms with E-state index in [0.29, 0.717) is 13.2 Å². The van der Waals surface area contributed by atoms with Gasteiger partial charge in [-0.15, -0.1) is 0 Å². The number of phenols is 1. The van der Waals surface area contributed by atoms with E-state index in [4.69, 9.17) is 9.47 Å². The predicted molar refractivity (Wildman–Crippen MR) is 138 cm³/mol. The molecule has 0 atom stereocenters. The van der Waals surface area contributed by atoms with Crippen molar-refractivity contribution in [2.24, 2.45) is 0 Å². The first-order valence-electron chi connectivity index (χ1n) is 11.8. The van der Waals surface area contributed by atoms with Crippen LogP contribution >= 0.6 is 0 Å². The second-order valence-electron chi connectivity index (χ2n) is 8.53. The fraction of sp³-hybridized carbons (Fsp3) is 0.333. The molecule has 7 nitrogen and oxygen atoms in total. The number of aromatic hydroxyl groups is 1. The van der Waals surface area contributed by atoms with Crippen molar-refractivity contribution in [1.29, 1.82) is 0 Å². The number of phenolic OH excluding ortho intramolecular Hbond substituents is 1. The lowest BCUT2D eigenvalue weighted by Gasteiger charge is -2.27. The van der Waals surface area contributed by atoms with E-state index in [9.17, 15) is 13.5 Å². The van der Waals surface area contributed by atoms with Gasteiger partial charge in [0.15, 0.2) is 6.29 Å². The quantitative estimate of drug-likeness (QED) is 0.293. The number of hydrogen-bond acceptors (Lipinski definition) is 5. The number of aryl methyl sites for hydroxylation is 2. The van der Waals surface area contributed by atoms with Crippen LogP contribution in [0, 0.1) is 13.8 Å². The number of nitrogens with one attached hydrogen (secondary N) is 1. The monoisotopic (exact) mass is 496 g/mol. The average Bonchev–Trinajstić information content (AvgIpc) is 3.22. The lowest BCUT2D eigenvalue weighted by atomic mass is 9.98. The standard InChI is InChI=1S/C27H32N2O5S/c1-5-33-25(34-6-2)17-29(35(31,32)22-10-8-7-9-11-22)16-20-14-18(3)27-26(19(20)4)23-15-21(30)12-13-24(23)28-27/h7-15,25,28,30H,5-6,16-17H2,1-4H3. The van der Waals surface area contributed by atoms with Crippen LogP contribution in [0.2, 0.25) is 0 Å². The highest BCUT2D eigenvalue weighted by Crippen LogP contribution is 2.35. The molecule has 186 valence electrons. The Bertz CT molecular complexity index is 1420. The van der Waals surface area contributed by atoms with Crippen molar-refractivity contribution in [3.8, 4) is 5.75 Å². The van der Waals surface area contributed by atoms with Crippen LogP contribution in [0.15, 0.2) is 59.5 Å². The predicted octanol–water partition coefficient (Wildman–Crippen LogP) is 5.23. The summed E-state index contributed by atoms with van der Waals surface area (Å²) in [4.78, 5) is 3.66. The van der Waals surface area contributed by atoms with E-state index in [0.717, 1.165) is 38.5 Å². The molecule has 0 aliphatic rings. The smallest absolute Gasteiger partial charge is 0.243 e. The lowest BCUT2D eigenvalue weighted by molar-refractivity contribution is -0.140. The Hall–Kier alpha value is -2.91. The number of sulfonamides is 1. The summed E-state index contributed by atoms with van der Waals surface area (Å²) in [6.07, 6.45) is -0.682. The van der Waals surface area contributed by atoms with E-state index in [1.54, 1.807) is 42.5 Å². The second kappa shape index (κ2) is 10.4. The summed E-state index contributed by atoms with van der Waals surface area (Å²) in [5.41, 5.74) is 4.73. The number of aromatic amines is 1. The number of H-pyrrole nitrogens is 1. The van der Waals surface area contributed by atoms with Gasteiger partial charge >= 0.3 is 0 Å². The third-order valence-corrected chi connectivity index (χ3v) is 8.04. The number of nitrogens with zero attached hydrogens (tertiary/aromatic N) is 1. The van der Waals surface area contributed by atoms with Crippen molar-refractivity contribution < 1.29 is 23.0 Å². The van der Waals surface area contributed by atoms with Gasteiger partial charge in [-0.1, -0.05) is 24.3 Å². The van der Waals surface area contributed by atoms with Crippen LogP contribution in [0.5, 0.6) is 5.75 Å². The minimum atomic E-state index is -3.82. The molecule has 0 fully saturated rings. The maximum Gasteiger partial charge on any atom is 0.243 e. The molecule has 0 spiro atoms. The van der Waals surface area contributed by atoms with Gasteiger partial charge < -0.3 is 19.6 Å². The molecule has 4 aromatic rings. The summed E-state index contributed by atoms with van der Waals surface area (Å²) < 4.78 is 40.3. The molecule has 35 heavy (non-hydrogen) atoms. The van der Waals surface area contributed by atoms with Gasteiger partial charge in [0.1, 0.15) is 5.75 Å². The summed E-state index contributed by atoms with van der Waals surface area (Å²) in [6.45, 7) is 8.74. The maximum atomic E-state index is 13.7. The Balaban J connectivity index is 1.82. The fourth-order valence-electron chi connectivity index (χ4n) is 4.50. The maximum absolute atomic E-state index is 13.7. The van der Waals surface area contributed by atoms with E-state index in [1.807, 2.05) is 39.8 Å². The van der Waals surface area contributed by atoms with E-state index in [-0.39, 0.29) is 23.7 Å². The van der Waals surface area contributed by atoms with Gasteiger partial charge in [0.25, 0.3) is 0 Å². The molecule has 1 heterocycles. The van der Waals surface area contributed by atoms with Crippen LogP contribution in [0.3, 0.4) is 0 Å². The number of fused-ring (bicyclic) bond motifs is 3. The van der Waals surface area contributed by atoms with E-state index in [1.165, 1.54) is 4.31 Å². The topological polar surface area (TPSA) is 91.9 Å². The van der Waals surface area contributed by atoms with Crippen LogP contribution < -0.4 is 0 Å². The molecule has 0 amide bonds. The van der Waals surface area contributed by atoms with Crippen LogP contribution in [0.25, 0.3) is 21.8 Å². The third kappa shape index (κ3) is 5.06. The van der Waals surface area contributed by atoms with Crippen LogP contribution in [-0.4, -0.2) is 48.9 Å². The van der Waals surface area contributed by atoms with Gasteiger partial charge in [0, 0.05) is 41.6 Å². The van der Waals surface area contributed by atoms with Crippen molar-refractivity contribution in [3.63, 3.8) is 0 Å². The summed E-state index contributed by atoms with van der Waals surface area (Å²) >= 11 is 0. The normalized spacial score (nSPS) is 12.4. The van der Waals surface area contributed by atoms with Gasteiger partial charge in [-0.25, -0.2) is 8.42 Å². The number of rotatable bonds is 10. The Morgan fingerprint density at radius 3 is 2.34 bits per heavy atom. The summed E-state index contributed by atoms with van der Waals surface area (Å²) in [5.74, 6) is 0.186. The van der Waals surface area contributed by atoms with E-state index < -0.39 is 16.3 Å². The van der Waals surface area contributed by atoms with Crippen LogP contribution in [0.4, 0.5) is 0 Å². The molecule has 8 heteroatoms. The molecule has 0 aliphatic carbocycles. The molecular weight excluding hydrogens is 464 g/mol.